The zero-order valence-electron chi connectivity index (χ0n) is 26.6. The van der Waals surface area contributed by atoms with Gasteiger partial charge in [0.2, 0.25) is 5.91 Å². The van der Waals surface area contributed by atoms with Gasteiger partial charge in [0, 0.05) is 66.1 Å². The molecule has 0 unspecified atom stereocenters. The average Bonchev–Trinajstić information content (AvgIpc) is 3.80. The van der Waals surface area contributed by atoms with Crippen molar-refractivity contribution < 1.29 is 93.2 Å². The number of fused-ring (bicyclic) bond motifs is 2. The van der Waals surface area contributed by atoms with Crippen LogP contribution < -0.4 is 79.7 Å². The predicted octanol–water partition coefficient (Wildman–Crippen LogP) is -5.46. The number of benzene rings is 1. The van der Waals surface area contributed by atoms with Gasteiger partial charge in [-0.3, -0.25) is 9.59 Å². The van der Waals surface area contributed by atoms with Crippen molar-refractivity contribution in [1.82, 2.24) is 14.4 Å². The zero-order valence-corrected chi connectivity index (χ0v) is 33.0. The van der Waals surface area contributed by atoms with E-state index in [1.165, 1.54) is 41.5 Å². The van der Waals surface area contributed by atoms with Gasteiger partial charge in [0.05, 0.1) is 52.5 Å². The van der Waals surface area contributed by atoms with Gasteiger partial charge >= 0.3 is 59.1 Å². The van der Waals surface area contributed by atoms with Gasteiger partial charge in [0.1, 0.15) is 10.1 Å². The molecule has 1 saturated carbocycles. The summed E-state index contributed by atoms with van der Waals surface area (Å²) >= 11 is 8.49. The van der Waals surface area contributed by atoms with E-state index in [1.807, 2.05) is 16.7 Å². The van der Waals surface area contributed by atoms with Crippen molar-refractivity contribution in [2.75, 3.05) is 42.6 Å². The third-order valence-corrected chi connectivity index (χ3v) is 12.1. The van der Waals surface area contributed by atoms with Gasteiger partial charge in [0.25, 0.3) is 0 Å². The Balaban J connectivity index is 0.00000250. The topological polar surface area (TPSA) is 149 Å². The van der Waals surface area contributed by atoms with E-state index in [0.717, 1.165) is 18.9 Å². The van der Waals surface area contributed by atoms with Gasteiger partial charge in [-0.05, 0) is 31.9 Å². The van der Waals surface area contributed by atoms with Crippen LogP contribution in [-0.4, -0.2) is 91.5 Å². The standard InChI is InChI=1S/C30H33FN4O7S3.2Na/c1-14-23-22(15(2)36)27(38)35(23)24(29(41)42)26(14)44-9-10-45-30(43)33-7-5-32(6-8-33)21-12-20-17(11-19(21)31)25(37)18(28(39)40)13-34(20)16-3-4-16;;/h11-16,22-23,36H,3-10H2,1-2H3,(H,39,40)(H,41,42);;/q;2*+1/p-2/t14-,15+,22-,23-;;/m0../s1. The Morgan fingerprint density at radius 3 is 2.32 bits per heavy atom. The summed E-state index contributed by atoms with van der Waals surface area (Å²) in [4.78, 5) is 54.4. The number of carbonyl (C=O) groups excluding carboxylic acids is 3. The van der Waals surface area contributed by atoms with Crippen molar-refractivity contribution in [3.8, 4) is 0 Å². The minimum absolute atomic E-state index is 0. The molecule has 0 radical (unpaired) electrons. The Bertz CT molecular complexity index is 1710. The van der Waals surface area contributed by atoms with E-state index < -0.39 is 46.7 Å². The third kappa shape index (κ3) is 7.22. The van der Waals surface area contributed by atoms with Crippen LogP contribution in [0.5, 0.6) is 0 Å². The molecule has 47 heavy (non-hydrogen) atoms. The molecule has 6 rings (SSSR count). The Morgan fingerprint density at radius 1 is 1.09 bits per heavy atom. The number of β-lactam (4-membered cyclic amide) rings is 1. The zero-order chi connectivity index (χ0) is 32.3. The number of piperazine rings is 1. The Hall–Kier alpha value is -1.14. The minimum atomic E-state index is -1.58. The molecule has 1 aromatic heterocycles. The molecule has 240 valence electrons. The summed E-state index contributed by atoms with van der Waals surface area (Å²) in [6.07, 6.45) is 2.14. The van der Waals surface area contributed by atoms with Crippen molar-refractivity contribution in [2.45, 2.75) is 44.9 Å². The molecule has 3 aliphatic heterocycles. The van der Waals surface area contributed by atoms with Crippen molar-refractivity contribution in [3.63, 3.8) is 0 Å². The Labute approximate surface area is 328 Å². The van der Waals surface area contributed by atoms with Gasteiger partial charge < -0.3 is 44.2 Å². The maximum atomic E-state index is 15.3. The first-order valence-electron chi connectivity index (χ1n) is 14.8. The fourth-order valence-electron chi connectivity index (χ4n) is 6.61. The number of aliphatic carboxylic acids is 1. The van der Waals surface area contributed by atoms with Gasteiger partial charge in [-0.1, -0.05) is 30.9 Å². The number of halogens is 1. The largest absolute Gasteiger partial charge is 1.00 e. The predicted molar refractivity (Wildman–Crippen MR) is 169 cm³/mol. The maximum absolute atomic E-state index is 15.3. The number of pyridine rings is 1. The van der Waals surface area contributed by atoms with Gasteiger partial charge in [0.15, 0.2) is 5.43 Å². The number of thioether (sulfide) groups is 2. The van der Waals surface area contributed by atoms with Crippen molar-refractivity contribution in [3.05, 3.63) is 50.5 Å². The van der Waals surface area contributed by atoms with Crippen LogP contribution in [0.25, 0.3) is 10.9 Å². The van der Waals surface area contributed by atoms with E-state index in [-0.39, 0.29) is 88.2 Å². The second kappa shape index (κ2) is 15.4. The number of hydrogen-bond donors (Lipinski definition) is 1. The number of carboxylic acids is 2. The Kier molecular flexibility index (Phi) is 12.7. The number of aromatic carboxylic acids is 1. The number of thiocarbonyl (C=S) groups is 1. The summed E-state index contributed by atoms with van der Waals surface area (Å²) in [6.45, 7) is 5.46. The molecule has 1 N–H and O–H groups in total. The minimum Gasteiger partial charge on any atom is -0.545 e. The van der Waals surface area contributed by atoms with Gasteiger partial charge in [-0.2, -0.15) is 0 Å². The molecule has 4 heterocycles. The molecule has 2 aromatic rings. The number of amides is 1. The summed E-state index contributed by atoms with van der Waals surface area (Å²) in [6, 6.07) is 2.43. The molecule has 4 aliphatic rings. The van der Waals surface area contributed by atoms with E-state index >= 15 is 4.39 Å². The van der Waals surface area contributed by atoms with Crippen molar-refractivity contribution in [1.29, 1.82) is 0 Å². The molecule has 1 amide bonds. The second-order valence-corrected chi connectivity index (χ2v) is 14.7. The van der Waals surface area contributed by atoms with E-state index in [1.54, 1.807) is 10.6 Å². The SMILES string of the molecule is C[C@@H]1C(SCCSC(=S)N2CCN(c3cc4c(cc3F)c(=O)c(C(=O)[O-])cn4C3CC3)CC2)=C(C(=O)[O-])N2C(=O)[C@@H]([C@@H](C)O)[C@H]12.[Na+].[Na+]. The summed E-state index contributed by atoms with van der Waals surface area (Å²) in [5.74, 6) is -3.66. The van der Waals surface area contributed by atoms with Crippen LogP contribution in [0.15, 0.2) is 33.7 Å². The fourth-order valence-corrected chi connectivity index (χ4v) is 9.19. The number of aromatic nitrogens is 1. The van der Waals surface area contributed by atoms with E-state index in [0.29, 0.717) is 58.1 Å². The van der Waals surface area contributed by atoms with Gasteiger partial charge in [-0.15, -0.1) is 11.8 Å². The summed E-state index contributed by atoms with van der Waals surface area (Å²) in [7, 11) is 0. The number of rotatable bonds is 9. The summed E-state index contributed by atoms with van der Waals surface area (Å²) < 4.78 is 17.7. The molecule has 17 heteroatoms. The first kappa shape index (κ1) is 38.7. The van der Waals surface area contributed by atoms with Crippen LogP contribution in [0, 0.1) is 17.7 Å². The van der Waals surface area contributed by atoms with E-state index in [2.05, 4.69) is 0 Å². The number of carbonyl (C=O) groups is 3. The third-order valence-electron chi connectivity index (χ3n) is 9.01. The summed E-state index contributed by atoms with van der Waals surface area (Å²) in [5.41, 5.74) is -0.486. The average molecular weight is 721 g/mol. The van der Waals surface area contributed by atoms with Crippen LogP contribution in [-0.2, 0) is 9.59 Å². The van der Waals surface area contributed by atoms with Crippen LogP contribution in [0.2, 0.25) is 0 Å². The number of aliphatic hydroxyl groups excluding tert-OH is 1. The van der Waals surface area contributed by atoms with Gasteiger partial charge in [-0.25, -0.2) is 4.39 Å². The first-order valence-corrected chi connectivity index (χ1v) is 17.1. The monoisotopic (exact) mass is 720 g/mol. The van der Waals surface area contributed by atoms with E-state index in [4.69, 9.17) is 12.2 Å². The molecule has 2 saturated heterocycles. The quantitative estimate of drug-likeness (QED) is 0.114. The Morgan fingerprint density at radius 2 is 1.74 bits per heavy atom. The molecule has 11 nitrogen and oxygen atoms in total. The number of aliphatic hydroxyl groups is 1. The van der Waals surface area contributed by atoms with E-state index in [9.17, 15) is 34.5 Å². The number of hydrogen-bond acceptors (Lipinski definition) is 11. The number of nitrogens with zero attached hydrogens (tertiary/aromatic N) is 4. The number of anilines is 1. The molecule has 0 spiro atoms. The van der Waals surface area contributed by atoms with Crippen LogP contribution in [0.4, 0.5) is 10.1 Å². The normalized spacial score (nSPS) is 22.8. The first-order chi connectivity index (χ1) is 21.4. The van der Waals surface area contributed by atoms with Crippen LogP contribution >= 0.6 is 35.7 Å². The van der Waals surface area contributed by atoms with Crippen molar-refractivity contribution >= 4 is 74.5 Å². The molecule has 3 fully saturated rings. The maximum Gasteiger partial charge on any atom is 1.00 e. The molecule has 1 aromatic carbocycles. The van der Waals surface area contributed by atoms with Crippen LogP contribution in [0.3, 0.4) is 0 Å². The number of carboxylic acid groups (broad SMARTS) is 2. The second-order valence-electron chi connectivity index (χ2n) is 11.8. The molecule has 4 atom stereocenters. The van der Waals surface area contributed by atoms with Crippen molar-refractivity contribution in [2.24, 2.45) is 11.8 Å². The molecule has 1 aliphatic carbocycles. The fraction of sp³-hybridized carbons (Fsp3) is 0.500. The molecular formula is C30H31FN4Na2O7S3. The molecule has 0 bridgehead atoms. The smallest absolute Gasteiger partial charge is 0.545 e. The molecular weight excluding hydrogens is 690 g/mol. The van der Waals surface area contributed by atoms with Crippen LogP contribution in [0.1, 0.15) is 43.1 Å². The summed E-state index contributed by atoms with van der Waals surface area (Å²) in [5, 5.41) is 33.4.